The molecule has 1 amide bonds. The number of nitrogens with zero attached hydrogens (tertiary/aromatic N) is 1. The average molecular weight is 501 g/mol. The molecule has 186 valence electrons. The van der Waals surface area contributed by atoms with Gasteiger partial charge >= 0.3 is 0 Å². The lowest BCUT2D eigenvalue weighted by atomic mass is 9.53. The van der Waals surface area contributed by atoms with Crippen LogP contribution in [-0.4, -0.2) is 19.9 Å². The molecule has 36 heavy (non-hydrogen) atoms. The zero-order chi connectivity index (χ0) is 24.8. The van der Waals surface area contributed by atoms with Crippen molar-refractivity contribution < 1.29 is 13.2 Å². The number of carbonyl (C=O) groups excluding carboxylic acids is 1. The van der Waals surface area contributed by atoms with E-state index in [1.807, 2.05) is 42.5 Å². The summed E-state index contributed by atoms with van der Waals surface area (Å²) in [6.45, 7) is 0.179. The number of carbonyl (C=O) groups is 1. The van der Waals surface area contributed by atoms with Gasteiger partial charge in [-0.3, -0.25) is 9.10 Å². The number of hydrogen-bond donors (Lipinski definition) is 1. The number of benzene rings is 3. The van der Waals surface area contributed by atoms with Crippen LogP contribution in [0.4, 0.5) is 5.69 Å². The van der Waals surface area contributed by atoms with E-state index in [1.54, 1.807) is 42.5 Å². The third-order valence-electron chi connectivity index (χ3n) is 8.33. The Morgan fingerprint density at radius 3 is 1.86 bits per heavy atom. The Morgan fingerprint density at radius 2 is 1.31 bits per heavy atom. The van der Waals surface area contributed by atoms with Gasteiger partial charge in [-0.2, -0.15) is 0 Å². The van der Waals surface area contributed by atoms with Gasteiger partial charge in [-0.25, -0.2) is 8.42 Å². The molecule has 0 radical (unpaired) electrons. The van der Waals surface area contributed by atoms with Crippen molar-refractivity contribution >= 4 is 21.6 Å². The highest BCUT2D eigenvalue weighted by molar-refractivity contribution is 7.92. The minimum atomic E-state index is -3.76. The predicted molar refractivity (Wildman–Crippen MR) is 141 cm³/mol. The van der Waals surface area contributed by atoms with Crippen molar-refractivity contribution in [3.05, 3.63) is 96.1 Å². The highest BCUT2D eigenvalue weighted by Gasteiger charge is 2.51. The molecule has 0 unspecified atom stereocenters. The van der Waals surface area contributed by atoms with Crippen LogP contribution in [0.2, 0.25) is 0 Å². The number of sulfonamides is 1. The Kier molecular flexibility index (Phi) is 5.87. The second-order valence-corrected chi connectivity index (χ2v) is 12.9. The number of amides is 1. The molecular formula is C30H32N2O3S. The molecule has 3 aromatic rings. The van der Waals surface area contributed by atoms with Crippen LogP contribution < -0.4 is 9.62 Å². The quantitative estimate of drug-likeness (QED) is 0.447. The van der Waals surface area contributed by atoms with E-state index in [-0.39, 0.29) is 22.9 Å². The molecule has 4 saturated carbocycles. The maximum Gasteiger partial charge on any atom is 0.264 e. The minimum Gasteiger partial charge on any atom is -0.347 e. The van der Waals surface area contributed by atoms with Crippen LogP contribution in [0.25, 0.3) is 0 Å². The van der Waals surface area contributed by atoms with E-state index >= 15 is 0 Å². The fraction of sp³-hybridized carbons (Fsp3) is 0.367. The number of anilines is 1. The molecule has 3 aromatic carbocycles. The predicted octanol–water partition coefficient (Wildman–Crippen LogP) is 5.78. The molecule has 4 aliphatic carbocycles. The number of rotatable bonds is 7. The summed E-state index contributed by atoms with van der Waals surface area (Å²) in [6.07, 6.45) is 7.37. The maximum atomic E-state index is 13.5. The van der Waals surface area contributed by atoms with E-state index in [9.17, 15) is 13.2 Å². The molecular weight excluding hydrogens is 468 g/mol. The number of hydrogen-bond acceptors (Lipinski definition) is 3. The van der Waals surface area contributed by atoms with Crippen molar-refractivity contribution in [2.45, 2.75) is 55.5 Å². The van der Waals surface area contributed by atoms with Gasteiger partial charge in [-0.05, 0) is 98.2 Å². The van der Waals surface area contributed by atoms with Crippen LogP contribution in [0.15, 0.2) is 89.8 Å². The van der Waals surface area contributed by atoms with E-state index in [1.165, 1.54) is 23.6 Å². The first-order valence-corrected chi connectivity index (χ1v) is 14.4. The first-order valence-electron chi connectivity index (χ1n) is 12.9. The van der Waals surface area contributed by atoms with Crippen molar-refractivity contribution in [3.8, 4) is 0 Å². The third-order valence-corrected chi connectivity index (χ3v) is 10.1. The van der Waals surface area contributed by atoms with Crippen molar-refractivity contribution in [2.24, 2.45) is 17.8 Å². The Hall–Kier alpha value is -3.12. The molecule has 0 atom stereocenters. The first kappa shape index (κ1) is 23.3. The van der Waals surface area contributed by atoms with Crippen LogP contribution in [0, 0.1) is 17.8 Å². The molecule has 4 bridgehead atoms. The lowest BCUT2D eigenvalue weighted by molar-refractivity contribution is -0.0167. The largest absolute Gasteiger partial charge is 0.347 e. The second kappa shape index (κ2) is 9.07. The summed E-state index contributed by atoms with van der Waals surface area (Å²) < 4.78 is 28.5. The topological polar surface area (TPSA) is 66.5 Å². The van der Waals surface area contributed by atoms with Crippen LogP contribution in [-0.2, 0) is 16.6 Å². The standard InChI is InChI=1S/C30H32N2O3S/c33-29(31-30-18-23-15-24(19-30)17-25(16-23)20-30)26-13-11-22(12-14-26)21-32(27-7-3-1-4-8-27)36(34,35)28-9-5-2-6-10-28/h1-14,23-25H,15-21H2,(H,31,33). The summed E-state index contributed by atoms with van der Waals surface area (Å²) in [7, 11) is -3.76. The Balaban J connectivity index is 1.21. The SMILES string of the molecule is O=C(NC12CC3CC(CC(C3)C1)C2)c1ccc(CN(c2ccccc2)S(=O)(=O)c2ccccc2)cc1. The monoisotopic (exact) mass is 500 g/mol. The first-order chi connectivity index (χ1) is 17.4. The lowest BCUT2D eigenvalue weighted by Gasteiger charge is -2.56. The zero-order valence-corrected chi connectivity index (χ0v) is 21.2. The summed E-state index contributed by atoms with van der Waals surface area (Å²) in [5.74, 6) is 2.30. The van der Waals surface area contributed by atoms with Crippen LogP contribution in [0.5, 0.6) is 0 Å². The van der Waals surface area contributed by atoms with E-state index in [0.29, 0.717) is 11.3 Å². The highest BCUT2D eigenvalue weighted by atomic mass is 32.2. The molecule has 4 fully saturated rings. The molecule has 0 heterocycles. The van der Waals surface area contributed by atoms with Gasteiger partial charge in [0.25, 0.3) is 15.9 Å². The molecule has 0 spiro atoms. The summed E-state index contributed by atoms with van der Waals surface area (Å²) >= 11 is 0. The zero-order valence-electron chi connectivity index (χ0n) is 20.3. The maximum absolute atomic E-state index is 13.5. The lowest BCUT2D eigenvalue weighted by Crippen LogP contribution is -2.59. The van der Waals surface area contributed by atoms with E-state index in [4.69, 9.17) is 0 Å². The van der Waals surface area contributed by atoms with E-state index in [0.717, 1.165) is 42.6 Å². The molecule has 0 aromatic heterocycles. The fourth-order valence-electron chi connectivity index (χ4n) is 7.13. The van der Waals surface area contributed by atoms with Gasteiger partial charge in [0.2, 0.25) is 0 Å². The minimum absolute atomic E-state index is 0.0136. The van der Waals surface area contributed by atoms with Crippen LogP contribution >= 0.6 is 0 Å². The summed E-state index contributed by atoms with van der Waals surface area (Å²) in [5, 5.41) is 3.43. The Labute approximate surface area is 213 Å². The van der Waals surface area contributed by atoms with Gasteiger partial charge in [-0.15, -0.1) is 0 Å². The summed E-state index contributed by atoms with van der Waals surface area (Å²) in [5.41, 5.74) is 2.03. The van der Waals surface area contributed by atoms with Gasteiger partial charge < -0.3 is 5.32 Å². The van der Waals surface area contributed by atoms with Crippen LogP contribution in [0.1, 0.15) is 54.4 Å². The molecule has 5 nitrogen and oxygen atoms in total. The number of nitrogens with one attached hydrogen (secondary N) is 1. The van der Waals surface area contributed by atoms with Crippen LogP contribution in [0.3, 0.4) is 0 Å². The Bertz CT molecular complexity index is 1300. The summed E-state index contributed by atoms with van der Waals surface area (Å²) in [6, 6.07) is 25.0. The molecule has 0 aliphatic heterocycles. The highest BCUT2D eigenvalue weighted by Crippen LogP contribution is 2.55. The third kappa shape index (κ3) is 4.43. The molecule has 7 rings (SSSR count). The second-order valence-electron chi connectivity index (χ2n) is 11.0. The summed E-state index contributed by atoms with van der Waals surface area (Å²) in [4.78, 5) is 13.5. The number of para-hydroxylation sites is 1. The molecule has 0 saturated heterocycles. The normalized spacial score (nSPS) is 26.5. The Morgan fingerprint density at radius 1 is 0.778 bits per heavy atom. The average Bonchev–Trinajstić information content (AvgIpc) is 2.87. The van der Waals surface area contributed by atoms with Crippen molar-refractivity contribution in [2.75, 3.05) is 4.31 Å². The van der Waals surface area contributed by atoms with Gasteiger partial charge in [-0.1, -0.05) is 48.5 Å². The van der Waals surface area contributed by atoms with Gasteiger partial charge in [0.15, 0.2) is 0 Å². The van der Waals surface area contributed by atoms with Gasteiger partial charge in [0.1, 0.15) is 0 Å². The van der Waals surface area contributed by atoms with Crippen molar-refractivity contribution in [1.29, 1.82) is 0 Å². The molecule has 4 aliphatic rings. The van der Waals surface area contributed by atoms with E-state index in [2.05, 4.69) is 5.32 Å². The van der Waals surface area contributed by atoms with E-state index < -0.39 is 10.0 Å². The molecule has 1 N–H and O–H groups in total. The van der Waals surface area contributed by atoms with Crippen molar-refractivity contribution in [1.82, 2.24) is 5.32 Å². The molecule has 6 heteroatoms. The van der Waals surface area contributed by atoms with Gasteiger partial charge in [0, 0.05) is 11.1 Å². The van der Waals surface area contributed by atoms with Gasteiger partial charge in [0.05, 0.1) is 17.1 Å². The fourth-order valence-corrected chi connectivity index (χ4v) is 8.61. The van der Waals surface area contributed by atoms with Crippen molar-refractivity contribution in [3.63, 3.8) is 0 Å². The smallest absolute Gasteiger partial charge is 0.264 e.